The summed E-state index contributed by atoms with van der Waals surface area (Å²) in [7, 11) is 0. The zero-order chi connectivity index (χ0) is 9.84. The summed E-state index contributed by atoms with van der Waals surface area (Å²) in [5.41, 5.74) is 2.79. The Bertz CT molecular complexity index is 305. The Morgan fingerprint density at radius 2 is 2.23 bits per heavy atom. The highest BCUT2D eigenvalue weighted by Gasteiger charge is 2.04. The Balaban J connectivity index is 2.78. The lowest BCUT2D eigenvalue weighted by Crippen LogP contribution is -2.06. The lowest BCUT2D eigenvalue weighted by Gasteiger charge is -2.06. The Labute approximate surface area is 79.2 Å². The fraction of sp³-hybridized carbons (Fsp3) is 0.364. The maximum Gasteiger partial charge on any atom is 0.0383 e. The standard InChI is InChI=1S/C11H16N2/c1-8(2)11(12)9(3)7-10-5-4-6-13-10/h4-8,12-13H,1-3H3/b9-7-,12-11?. The van der Waals surface area contributed by atoms with Crippen molar-refractivity contribution in [2.45, 2.75) is 20.8 Å². The van der Waals surface area contributed by atoms with Crippen LogP contribution in [0.1, 0.15) is 26.5 Å². The molecule has 0 atom stereocenters. The van der Waals surface area contributed by atoms with Crippen molar-refractivity contribution in [3.8, 4) is 0 Å². The lowest BCUT2D eigenvalue weighted by atomic mass is 10.0. The fourth-order valence-electron chi connectivity index (χ4n) is 1.20. The summed E-state index contributed by atoms with van der Waals surface area (Å²) in [4.78, 5) is 3.09. The molecule has 0 saturated carbocycles. The quantitative estimate of drug-likeness (QED) is 0.664. The van der Waals surface area contributed by atoms with E-state index in [9.17, 15) is 0 Å². The van der Waals surface area contributed by atoms with E-state index in [0.717, 1.165) is 11.3 Å². The highest BCUT2D eigenvalue weighted by Crippen LogP contribution is 2.09. The molecule has 0 fully saturated rings. The van der Waals surface area contributed by atoms with E-state index in [2.05, 4.69) is 4.98 Å². The largest absolute Gasteiger partial charge is 0.362 e. The normalized spacial score (nSPS) is 12.2. The average molecular weight is 176 g/mol. The van der Waals surface area contributed by atoms with E-state index in [1.165, 1.54) is 0 Å². The van der Waals surface area contributed by atoms with E-state index in [0.29, 0.717) is 11.6 Å². The summed E-state index contributed by atoms with van der Waals surface area (Å²) in [5.74, 6) is 0.297. The van der Waals surface area contributed by atoms with Gasteiger partial charge < -0.3 is 10.4 Å². The predicted molar refractivity (Wildman–Crippen MR) is 57.0 cm³/mol. The lowest BCUT2D eigenvalue weighted by molar-refractivity contribution is 0.875. The maximum atomic E-state index is 7.77. The van der Waals surface area contributed by atoms with Gasteiger partial charge in [-0.3, -0.25) is 0 Å². The number of aromatic nitrogens is 1. The molecule has 0 aliphatic carbocycles. The third kappa shape index (κ3) is 2.58. The van der Waals surface area contributed by atoms with Crippen molar-refractivity contribution < 1.29 is 0 Å². The molecule has 2 heteroatoms. The van der Waals surface area contributed by atoms with Gasteiger partial charge in [0.15, 0.2) is 0 Å². The van der Waals surface area contributed by atoms with Crippen molar-refractivity contribution in [1.82, 2.24) is 4.98 Å². The van der Waals surface area contributed by atoms with Crippen LogP contribution in [0.4, 0.5) is 0 Å². The summed E-state index contributed by atoms with van der Waals surface area (Å²) in [6.07, 6.45) is 3.89. The first-order valence-corrected chi connectivity index (χ1v) is 4.51. The van der Waals surface area contributed by atoms with Crippen LogP contribution in [0.2, 0.25) is 0 Å². The molecule has 0 aliphatic rings. The highest BCUT2D eigenvalue weighted by molar-refractivity contribution is 6.01. The zero-order valence-corrected chi connectivity index (χ0v) is 8.39. The van der Waals surface area contributed by atoms with E-state index in [4.69, 9.17) is 5.41 Å². The molecule has 1 aromatic heterocycles. The van der Waals surface area contributed by atoms with E-state index in [-0.39, 0.29) is 0 Å². The fourth-order valence-corrected chi connectivity index (χ4v) is 1.20. The molecule has 1 rings (SSSR count). The maximum absolute atomic E-state index is 7.77. The minimum Gasteiger partial charge on any atom is -0.362 e. The molecular formula is C11H16N2. The molecule has 0 spiro atoms. The Morgan fingerprint density at radius 1 is 1.54 bits per heavy atom. The van der Waals surface area contributed by atoms with Crippen LogP contribution < -0.4 is 0 Å². The second kappa shape index (κ2) is 4.08. The van der Waals surface area contributed by atoms with Gasteiger partial charge in [0.1, 0.15) is 0 Å². The Kier molecular flexibility index (Phi) is 3.07. The minimum atomic E-state index is 0.297. The van der Waals surface area contributed by atoms with Gasteiger partial charge in [-0.2, -0.15) is 0 Å². The van der Waals surface area contributed by atoms with Crippen LogP contribution in [0.5, 0.6) is 0 Å². The summed E-state index contributed by atoms with van der Waals surface area (Å²) in [6, 6.07) is 3.95. The number of allylic oxidation sites excluding steroid dienone is 1. The second-order valence-corrected chi connectivity index (χ2v) is 3.52. The van der Waals surface area contributed by atoms with Crippen LogP contribution in [0.25, 0.3) is 6.08 Å². The molecule has 0 aliphatic heterocycles. The molecule has 13 heavy (non-hydrogen) atoms. The predicted octanol–water partition coefficient (Wildman–Crippen LogP) is 3.09. The van der Waals surface area contributed by atoms with E-state index >= 15 is 0 Å². The van der Waals surface area contributed by atoms with Crippen molar-refractivity contribution in [2.24, 2.45) is 5.92 Å². The van der Waals surface area contributed by atoms with Crippen molar-refractivity contribution in [3.63, 3.8) is 0 Å². The molecular weight excluding hydrogens is 160 g/mol. The smallest absolute Gasteiger partial charge is 0.0383 e. The van der Waals surface area contributed by atoms with Crippen LogP contribution in [0.15, 0.2) is 23.9 Å². The third-order valence-electron chi connectivity index (χ3n) is 2.00. The van der Waals surface area contributed by atoms with Crippen LogP contribution in [0, 0.1) is 11.3 Å². The Hall–Kier alpha value is -1.31. The minimum absolute atomic E-state index is 0.297. The number of hydrogen-bond donors (Lipinski definition) is 2. The molecule has 0 radical (unpaired) electrons. The summed E-state index contributed by atoms with van der Waals surface area (Å²) in [6.45, 7) is 6.05. The van der Waals surface area contributed by atoms with Crippen molar-refractivity contribution >= 4 is 11.8 Å². The third-order valence-corrected chi connectivity index (χ3v) is 2.00. The highest BCUT2D eigenvalue weighted by atomic mass is 14.7. The van der Waals surface area contributed by atoms with Crippen LogP contribution in [0.3, 0.4) is 0 Å². The monoisotopic (exact) mass is 176 g/mol. The molecule has 0 unspecified atom stereocenters. The summed E-state index contributed by atoms with van der Waals surface area (Å²) >= 11 is 0. The molecule has 1 heterocycles. The first-order chi connectivity index (χ1) is 6.11. The molecule has 70 valence electrons. The van der Waals surface area contributed by atoms with Gasteiger partial charge in [0.2, 0.25) is 0 Å². The first-order valence-electron chi connectivity index (χ1n) is 4.51. The van der Waals surface area contributed by atoms with Crippen molar-refractivity contribution in [1.29, 1.82) is 5.41 Å². The molecule has 0 bridgehead atoms. The average Bonchev–Trinajstić information content (AvgIpc) is 2.55. The van der Waals surface area contributed by atoms with Crippen molar-refractivity contribution in [2.75, 3.05) is 0 Å². The van der Waals surface area contributed by atoms with Gasteiger partial charge in [0, 0.05) is 17.6 Å². The number of H-pyrrole nitrogens is 1. The second-order valence-electron chi connectivity index (χ2n) is 3.52. The number of aromatic amines is 1. The molecule has 2 N–H and O–H groups in total. The van der Waals surface area contributed by atoms with Gasteiger partial charge in [0.25, 0.3) is 0 Å². The molecule has 0 amide bonds. The van der Waals surface area contributed by atoms with Gasteiger partial charge in [-0.05, 0) is 36.6 Å². The topological polar surface area (TPSA) is 39.6 Å². The molecule has 0 saturated heterocycles. The van der Waals surface area contributed by atoms with Crippen LogP contribution in [-0.4, -0.2) is 10.7 Å². The van der Waals surface area contributed by atoms with E-state index in [1.54, 1.807) is 0 Å². The van der Waals surface area contributed by atoms with Crippen LogP contribution in [-0.2, 0) is 0 Å². The van der Waals surface area contributed by atoms with Crippen LogP contribution >= 0.6 is 0 Å². The molecule has 0 aromatic carbocycles. The van der Waals surface area contributed by atoms with Crippen molar-refractivity contribution in [3.05, 3.63) is 29.6 Å². The van der Waals surface area contributed by atoms with Gasteiger partial charge >= 0.3 is 0 Å². The first kappa shape index (κ1) is 9.78. The van der Waals surface area contributed by atoms with E-state index in [1.807, 2.05) is 45.2 Å². The van der Waals surface area contributed by atoms with Gasteiger partial charge in [-0.15, -0.1) is 0 Å². The Morgan fingerprint density at radius 3 is 2.69 bits per heavy atom. The number of nitrogens with one attached hydrogen (secondary N) is 2. The number of hydrogen-bond acceptors (Lipinski definition) is 1. The molecule has 1 aromatic rings. The molecule has 2 nitrogen and oxygen atoms in total. The number of rotatable bonds is 3. The van der Waals surface area contributed by atoms with Gasteiger partial charge in [-0.25, -0.2) is 0 Å². The van der Waals surface area contributed by atoms with E-state index < -0.39 is 0 Å². The van der Waals surface area contributed by atoms with Gasteiger partial charge in [-0.1, -0.05) is 13.8 Å². The van der Waals surface area contributed by atoms with Gasteiger partial charge in [0.05, 0.1) is 0 Å². The summed E-state index contributed by atoms with van der Waals surface area (Å²) < 4.78 is 0. The zero-order valence-electron chi connectivity index (χ0n) is 8.39. The summed E-state index contributed by atoms with van der Waals surface area (Å²) in [5, 5.41) is 7.77. The SMILES string of the molecule is C/C(=C/c1ccc[nH]1)C(=N)C(C)C.